The standard InChI is InChI=1S/C5H8FNO3/c1-4(5(8)9-2)7-10-3-6/h3H2,1-2H3/b7-4+. The summed E-state index contributed by atoms with van der Waals surface area (Å²) in [6, 6.07) is 0. The fourth-order valence-electron chi connectivity index (χ4n) is 0.306. The van der Waals surface area contributed by atoms with E-state index >= 15 is 0 Å². The summed E-state index contributed by atoms with van der Waals surface area (Å²) in [4.78, 5) is 14.4. The van der Waals surface area contributed by atoms with Crippen LogP contribution in [-0.4, -0.2) is 25.7 Å². The fraction of sp³-hybridized carbons (Fsp3) is 0.600. The zero-order chi connectivity index (χ0) is 7.98. The zero-order valence-electron chi connectivity index (χ0n) is 5.76. The molecule has 10 heavy (non-hydrogen) atoms. The molecule has 0 aromatic heterocycles. The molecule has 0 aliphatic carbocycles. The first-order chi connectivity index (χ1) is 4.72. The number of methoxy groups -OCH3 is 1. The lowest BCUT2D eigenvalue weighted by molar-refractivity contribution is -0.133. The molecule has 0 aliphatic heterocycles. The van der Waals surface area contributed by atoms with E-state index in [4.69, 9.17) is 0 Å². The number of oxime groups is 1. The van der Waals surface area contributed by atoms with E-state index in [0.29, 0.717) is 0 Å². The van der Waals surface area contributed by atoms with Gasteiger partial charge in [-0.3, -0.25) is 0 Å². The quantitative estimate of drug-likeness (QED) is 0.333. The summed E-state index contributed by atoms with van der Waals surface area (Å²) in [6.07, 6.45) is 0. The number of ether oxygens (including phenoxy) is 1. The van der Waals surface area contributed by atoms with Crippen molar-refractivity contribution in [1.82, 2.24) is 0 Å². The van der Waals surface area contributed by atoms with E-state index in [-0.39, 0.29) is 5.71 Å². The van der Waals surface area contributed by atoms with Crippen LogP contribution in [0.2, 0.25) is 0 Å². The summed E-state index contributed by atoms with van der Waals surface area (Å²) in [7, 11) is 1.21. The molecule has 0 N–H and O–H groups in total. The van der Waals surface area contributed by atoms with Gasteiger partial charge in [0.15, 0.2) is 5.71 Å². The number of halogens is 1. The third-order valence-electron chi connectivity index (χ3n) is 0.731. The topological polar surface area (TPSA) is 47.9 Å². The highest BCUT2D eigenvalue weighted by Crippen LogP contribution is 1.84. The van der Waals surface area contributed by atoms with Crippen LogP contribution >= 0.6 is 0 Å². The molecule has 0 bridgehead atoms. The molecule has 4 nitrogen and oxygen atoms in total. The second kappa shape index (κ2) is 4.72. The van der Waals surface area contributed by atoms with Crippen LogP contribution in [0.25, 0.3) is 0 Å². The second-order valence-electron chi connectivity index (χ2n) is 1.41. The van der Waals surface area contributed by atoms with Crippen LogP contribution < -0.4 is 0 Å². The largest absolute Gasteiger partial charge is 0.464 e. The highest BCUT2D eigenvalue weighted by atomic mass is 19.1. The van der Waals surface area contributed by atoms with Crippen molar-refractivity contribution < 1.29 is 18.8 Å². The summed E-state index contributed by atoms with van der Waals surface area (Å²) in [6.45, 7) is 0.315. The highest BCUT2D eigenvalue weighted by molar-refractivity contribution is 6.35. The molecule has 0 saturated carbocycles. The minimum atomic E-state index is -1.05. The predicted octanol–water partition coefficient (Wildman–Crippen LogP) is 0.479. The van der Waals surface area contributed by atoms with Gasteiger partial charge in [0.25, 0.3) is 6.86 Å². The van der Waals surface area contributed by atoms with Crippen molar-refractivity contribution in [3.05, 3.63) is 0 Å². The van der Waals surface area contributed by atoms with E-state index in [9.17, 15) is 9.18 Å². The molecule has 0 unspecified atom stereocenters. The Morgan fingerprint density at radius 2 is 2.30 bits per heavy atom. The number of alkyl halides is 1. The minimum absolute atomic E-state index is 0.0137. The first-order valence-corrected chi connectivity index (χ1v) is 2.53. The minimum Gasteiger partial charge on any atom is -0.464 e. The molecule has 0 atom stereocenters. The van der Waals surface area contributed by atoms with Crippen molar-refractivity contribution in [2.45, 2.75) is 6.92 Å². The number of hydrogen-bond acceptors (Lipinski definition) is 4. The number of rotatable bonds is 3. The van der Waals surface area contributed by atoms with Gasteiger partial charge in [0.1, 0.15) is 0 Å². The lowest BCUT2D eigenvalue weighted by Gasteiger charge is -1.95. The lowest BCUT2D eigenvalue weighted by atomic mass is 10.4. The van der Waals surface area contributed by atoms with E-state index in [1.807, 2.05) is 0 Å². The SMILES string of the molecule is COC(=O)/C(C)=N/OCF. The molecule has 0 spiro atoms. The van der Waals surface area contributed by atoms with Crippen molar-refractivity contribution in [1.29, 1.82) is 0 Å². The Bertz CT molecular complexity index is 146. The van der Waals surface area contributed by atoms with Crippen LogP contribution in [0.3, 0.4) is 0 Å². The summed E-state index contributed by atoms with van der Waals surface area (Å²) in [5.74, 6) is -0.631. The van der Waals surface area contributed by atoms with Gasteiger partial charge in [0.2, 0.25) is 0 Å². The molecule has 0 aromatic carbocycles. The second-order valence-corrected chi connectivity index (χ2v) is 1.41. The maximum absolute atomic E-state index is 11.2. The Balaban J connectivity index is 3.80. The molecule has 0 rings (SSSR count). The molecular formula is C5H8FNO3. The van der Waals surface area contributed by atoms with E-state index in [0.717, 1.165) is 0 Å². The van der Waals surface area contributed by atoms with E-state index in [1.165, 1.54) is 14.0 Å². The van der Waals surface area contributed by atoms with E-state index < -0.39 is 12.8 Å². The van der Waals surface area contributed by atoms with Crippen molar-refractivity contribution >= 4 is 11.7 Å². The highest BCUT2D eigenvalue weighted by Gasteiger charge is 2.04. The molecule has 5 heteroatoms. The summed E-state index contributed by atoms with van der Waals surface area (Å²) >= 11 is 0. The van der Waals surface area contributed by atoms with Crippen molar-refractivity contribution in [2.24, 2.45) is 5.16 Å². The Kier molecular flexibility index (Phi) is 4.19. The normalized spacial score (nSPS) is 10.9. The van der Waals surface area contributed by atoms with Gasteiger partial charge in [-0.15, -0.1) is 0 Å². The molecule has 0 radical (unpaired) electrons. The predicted molar refractivity (Wildman–Crippen MR) is 32.2 cm³/mol. The van der Waals surface area contributed by atoms with E-state index in [2.05, 4.69) is 14.7 Å². The molecule has 58 valence electrons. The zero-order valence-corrected chi connectivity index (χ0v) is 5.76. The summed E-state index contributed by atoms with van der Waals surface area (Å²) < 4.78 is 15.5. The number of nitrogens with zero attached hydrogens (tertiary/aromatic N) is 1. The van der Waals surface area contributed by atoms with Crippen LogP contribution in [-0.2, 0) is 14.4 Å². The lowest BCUT2D eigenvalue weighted by Crippen LogP contribution is -2.11. The van der Waals surface area contributed by atoms with Crippen LogP contribution in [0.5, 0.6) is 0 Å². The van der Waals surface area contributed by atoms with Gasteiger partial charge < -0.3 is 9.57 Å². The maximum atomic E-state index is 11.2. The molecule has 0 amide bonds. The average molecular weight is 149 g/mol. The van der Waals surface area contributed by atoms with Crippen LogP contribution in [0.15, 0.2) is 5.16 Å². The average Bonchev–Trinajstić information content (AvgIpc) is 1.98. The first kappa shape index (κ1) is 8.87. The summed E-state index contributed by atoms with van der Waals surface area (Å²) in [5, 5.41) is 3.08. The molecule has 0 fully saturated rings. The van der Waals surface area contributed by atoms with Gasteiger partial charge in [-0.05, 0) is 6.92 Å². The number of esters is 1. The Morgan fingerprint density at radius 1 is 1.70 bits per heavy atom. The first-order valence-electron chi connectivity index (χ1n) is 2.53. The van der Waals surface area contributed by atoms with Gasteiger partial charge in [-0.25, -0.2) is 9.18 Å². The smallest absolute Gasteiger partial charge is 0.355 e. The third kappa shape index (κ3) is 3.01. The van der Waals surface area contributed by atoms with Gasteiger partial charge in [0, 0.05) is 0 Å². The molecular weight excluding hydrogens is 141 g/mol. The van der Waals surface area contributed by atoms with Crippen LogP contribution in [0.4, 0.5) is 4.39 Å². The van der Waals surface area contributed by atoms with Crippen molar-refractivity contribution in [2.75, 3.05) is 14.0 Å². The number of carbonyl (C=O) groups is 1. The number of carbonyl (C=O) groups excluding carboxylic acids is 1. The monoisotopic (exact) mass is 149 g/mol. The maximum Gasteiger partial charge on any atom is 0.355 e. The summed E-state index contributed by atoms with van der Waals surface area (Å²) in [5.41, 5.74) is -0.0137. The number of hydrogen-bond donors (Lipinski definition) is 0. The van der Waals surface area contributed by atoms with Gasteiger partial charge in [0.05, 0.1) is 7.11 Å². The van der Waals surface area contributed by atoms with Crippen molar-refractivity contribution in [3.63, 3.8) is 0 Å². The van der Waals surface area contributed by atoms with Crippen LogP contribution in [0, 0.1) is 0 Å². The van der Waals surface area contributed by atoms with Gasteiger partial charge >= 0.3 is 5.97 Å². The Morgan fingerprint density at radius 3 is 2.70 bits per heavy atom. The fourth-order valence-corrected chi connectivity index (χ4v) is 0.306. The van der Waals surface area contributed by atoms with Crippen molar-refractivity contribution in [3.8, 4) is 0 Å². The Labute approximate surface area is 57.6 Å². The third-order valence-corrected chi connectivity index (χ3v) is 0.731. The Hall–Kier alpha value is -1.13. The van der Waals surface area contributed by atoms with E-state index in [1.54, 1.807) is 0 Å². The molecule has 0 saturated heterocycles. The molecule has 0 aliphatic rings. The molecule has 0 heterocycles. The van der Waals surface area contributed by atoms with Gasteiger partial charge in [-0.1, -0.05) is 5.16 Å². The van der Waals surface area contributed by atoms with Crippen LogP contribution in [0.1, 0.15) is 6.92 Å². The van der Waals surface area contributed by atoms with Gasteiger partial charge in [-0.2, -0.15) is 0 Å². The molecule has 0 aromatic rings.